The number of hydrogen-bond acceptors (Lipinski definition) is 3. The minimum Gasteiger partial charge on any atom is -0.409 e. The van der Waals surface area contributed by atoms with E-state index in [-0.39, 0.29) is 11.9 Å². The molecule has 0 fully saturated rings. The van der Waals surface area contributed by atoms with Crippen LogP contribution in [0.25, 0.3) is 0 Å². The van der Waals surface area contributed by atoms with Crippen LogP contribution in [-0.4, -0.2) is 23.6 Å². The smallest absolute Gasteiger partial charge is 0.156 e. The number of nitrogens with two attached hydrogens (primary N) is 1. The van der Waals surface area contributed by atoms with Gasteiger partial charge in [-0.1, -0.05) is 25.9 Å². The van der Waals surface area contributed by atoms with Crippen LogP contribution in [0, 0.1) is 11.8 Å². The molecule has 0 aliphatic carbocycles. The molecule has 2 unspecified atom stereocenters. The quantitative estimate of drug-likeness (QED) is 0.260. The maximum Gasteiger partial charge on any atom is 0.156 e. The largest absolute Gasteiger partial charge is 0.409 e. The maximum absolute atomic E-state index is 8.40. The van der Waals surface area contributed by atoms with Crippen molar-refractivity contribution in [1.82, 2.24) is 5.32 Å². The van der Waals surface area contributed by atoms with Gasteiger partial charge in [0, 0.05) is 0 Å². The maximum atomic E-state index is 8.40. The SMILES string of the molecule is CC(NCC(C)C(C)C)C(N)=NO. The third kappa shape index (κ3) is 4.72. The van der Waals surface area contributed by atoms with Crippen molar-refractivity contribution in [3.05, 3.63) is 0 Å². The molecule has 78 valence electrons. The number of amidine groups is 1. The normalized spacial score (nSPS) is 17.5. The Bertz CT molecular complexity index is 168. The van der Waals surface area contributed by atoms with Crippen molar-refractivity contribution >= 4 is 5.84 Å². The Hall–Kier alpha value is -0.770. The van der Waals surface area contributed by atoms with Gasteiger partial charge in [-0.15, -0.1) is 0 Å². The molecule has 0 amide bonds. The minimum atomic E-state index is -0.0637. The van der Waals surface area contributed by atoms with Crippen molar-refractivity contribution in [3.63, 3.8) is 0 Å². The van der Waals surface area contributed by atoms with Crippen LogP contribution in [0.1, 0.15) is 27.7 Å². The summed E-state index contributed by atoms with van der Waals surface area (Å²) in [5, 5.41) is 14.5. The Labute approximate surface area is 80.2 Å². The molecule has 0 radical (unpaired) electrons. The van der Waals surface area contributed by atoms with Gasteiger partial charge in [-0.25, -0.2) is 0 Å². The highest BCUT2D eigenvalue weighted by molar-refractivity contribution is 5.84. The first-order valence-electron chi connectivity index (χ1n) is 4.69. The molecule has 13 heavy (non-hydrogen) atoms. The second-order valence-electron chi connectivity index (χ2n) is 3.88. The number of oxime groups is 1. The van der Waals surface area contributed by atoms with Gasteiger partial charge in [-0.05, 0) is 25.3 Å². The van der Waals surface area contributed by atoms with E-state index in [1.807, 2.05) is 6.92 Å². The molecule has 0 aliphatic heterocycles. The Kier molecular flexibility index (Phi) is 5.46. The van der Waals surface area contributed by atoms with E-state index in [9.17, 15) is 0 Å². The van der Waals surface area contributed by atoms with Crippen LogP contribution in [-0.2, 0) is 0 Å². The third-order valence-corrected chi connectivity index (χ3v) is 2.44. The van der Waals surface area contributed by atoms with Crippen LogP contribution in [0.5, 0.6) is 0 Å². The summed E-state index contributed by atoms with van der Waals surface area (Å²) in [6.07, 6.45) is 0. The lowest BCUT2D eigenvalue weighted by atomic mass is 9.98. The fourth-order valence-corrected chi connectivity index (χ4v) is 0.790. The fraction of sp³-hybridized carbons (Fsp3) is 0.889. The van der Waals surface area contributed by atoms with Crippen molar-refractivity contribution in [1.29, 1.82) is 0 Å². The molecule has 0 spiro atoms. The first-order chi connectivity index (χ1) is 5.99. The Balaban J connectivity index is 3.76. The Morgan fingerprint density at radius 2 is 1.92 bits per heavy atom. The molecule has 4 heteroatoms. The highest BCUT2D eigenvalue weighted by Crippen LogP contribution is 2.07. The predicted octanol–water partition coefficient (Wildman–Crippen LogP) is 1.00. The average Bonchev–Trinajstić information content (AvgIpc) is 2.11. The second kappa shape index (κ2) is 5.80. The lowest BCUT2D eigenvalue weighted by molar-refractivity contribution is 0.313. The summed E-state index contributed by atoms with van der Waals surface area (Å²) < 4.78 is 0. The van der Waals surface area contributed by atoms with E-state index in [0.717, 1.165) is 6.54 Å². The van der Waals surface area contributed by atoms with E-state index < -0.39 is 0 Å². The number of rotatable bonds is 5. The average molecular weight is 187 g/mol. The summed E-state index contributed by atoms with van der Waals surface area (Å²) >= 11 is 0. The summed E-state index contributed by atoms with van der Waals surface area (Å²) in [5.74, 6) is 1.47. The standard InChI is InChI=1S/C9H21N3O/c1-6(2)7(3)5-11-8(4)9(10)12-13/h6-8,11,13H,5H2,1-4H3,(H2,10,12). The molecule has 0 rings (SSSR count). The van der Waals surface area contributed by atoms with Crippen molar-refractivity contribution in [3.8, 4) is 0 Å². The van der Waals surface area contributed by atoms with Crippen molar-refractivity contribution < 1.29 is 5.21 Å². The van der Waals surface area contributed by atoms with Gasteiger partial charge < -0.3 is 16.3 Å². The zero-order valence-electron chi connectivity index (χ0n) is 8.91. The van der Waals surface area contributed by atoms with Crippen LogP contribution < -0.4 is 11.1 Å². The van der Waals surface area contributed by atoms with Crippen LogP contribution >= 0.6 is 0 Å². The van der Waals surface area contributed by atoms with E-state index in [4.69, 9.17) is 10.9 Å². The minimum absolute atomic E-state index is 0.0637. The van der Waals surface area contributed by atoms with Crippen LogP contribution in [0.4, 0.5) is 0 Å². The molecule has 0 aromatic heterocycles. The molecule has 0 aromatic carbocycles. The second-order valence-corrected chi connectivity index (χ2v) is 3.88. The zero-order chi connectivity index (χ0) is 10.4. The van der Waals surface area contributed by atoms with Crippen molar-refractivity contribution in [2.75, 3.05) is 6.54 Å². The molecule has 0 saturated heterocycles. The molecular formula is C9H21N3O. The zero-order valence-corrected chi connectivity index (χ0v) is 8.91. The Morgan fingerprint density at radius 1 is 1.38 bits per heavy atom. The highest BCUT2D eigenvalue weighted by Gasteiger charge is 2.10. The topological polar surface area (TPSA) is 70.6 Å². The van der Waals surface area contributed by atoms with Crippen LogP contribution in [0.3, 0.4) is 0 Å². The first-order valence-corrected chi connectivity index (χ1v) is 4.69. The summed E-state index contributed by atoms with van der Waals surface area (Å²) in [5.41, 5.74) is 5.42. The van der Waals surface area contributed by atoms with Gasteiger partial charge in [0.05, 0.1) is 6.04 Å². The van der Waals surface area contributed by atoms with Gasteiger partial charge in [0.2, 0.25) is 0 Å². The van der Waals surface area contributed by atoms with E-state index in [2.05, 4.69) is 31.2 Å². The van der Waals surface area contributed by atoms with Crippen LogP contribution in [0.2, 0.25) is 0 Å². The van der Waals surface area contributed by atoms with Gasteiger partial charge in [0.1, 0.15) is 0 Å². The fourth-order valence-electron chi connectivity index (χ4n) is 0.790. The monoisotopic (exact) mass is 187 g/mol. The van der Waals surface area contributed by atoms with E-state index in [1.165, 1.54) is 0 Å². The van der Waals surface area contributed by atoms with Crippen LogP contribution in [0.15, 0.2) is 5.16 Å². The van der Waals surface area contributed by atoms with Gasteiger partial charge in [-0.2, -0.15) is 0 Å². The lowest BCUT2D eigenvalue weighted by Crippen LogP contribution is -2.41. The van der Waals surface area contributed by atoms with Gasteiger partial charge >= 0.3 is 0 Å². The number of hydrogen-bond donors (Lipinski definition) is 3. The highest BCUT2D eigenvalue weighted by atomic mass is 16.4. The molecule has 0 aliphatic rings. The van der Waals surface area contributed by atoms with Gasteiger partial charge in [0.25, 0.3) is 0 Å². The predicted molar refractivity (Wildman–Crippen MR) is 54.9 cm³/mol. The van der Waals surface area contributed by atoms with Gasteiger partial charge in [-0.3, -0.25) is 0 Å². The molecule has 0 saturated carbocycles. The van der Waals surface area contributed by atoms with E-state index in [1.54, 1.807) is 0 Å². The molecule has 0 heterocycles. The molecule has 0 bridgehead atoms. The summed E-state index contributed by atoms with van der Waals surface area (Å²) in [7, 11) is 0. The van der Waals surface area contributed by atoms with E-state index in [0.29, 0.717) is 11.8 Å². The molecule has 4 N–H and O–H groups in total. The molecule has 2 atom stereocenters. The lowest BCUT2D eigenvalue weighted by Gasteiger charge is -2.19. The molecule has 4 nitrogen and oxygen atoms in total. The van der Waals surface area contributed by atoms with Gasteiger partial charge in [0.15, 0.2) is 5.84 Å². The molecule has 0 aromatic rings. The van der Waals surface area contributed by atoms with Crippen molar-refractivity contribution in [2.45, 2.75) is 33.7 Å². The first kappa shape index (κ1) is 12.2. The summed E-state index contributed by atoms with van der Waals surface area (Å²) in [6, 6.07) is -0.0637. The number of nitrogens with zero attached hydrogens (tertiary/aromatic N) is 1. The summed E-state index contributed by atoms with van der Waals surface area (Å²) in [4.78, 5) is 0. The summed E-state index contributed by atoms with van der Waals surface area (Å²) in [6.45, 7) is 9.30. The number of nitrogens with one attached hydrogen (secondary N) is 1. The van der Waals surface area contributed by atoms with E-state index >= 15 is 0 Å². The molecular weight excluding hydrogens is 166 g/mol. The van der Waals surface area contributed by atoms with Crippen molar-refractivity contribution in [2.24, 2.45) is 22.7 Å². The Morgan fingerprint density at radius 3 is 2.31 bits per heavy atom. The third-order valence-electron chi connectivity index (χ3n) is 2.44.